The highest BCUT2D eigenvalue weighted by molar-refractivity contribution is 5.11. The molecule has 4 nitrogen and oxygen atoms in total. The predicted molar refractivity (Wildman–Crippen MR) is 78.2 cm³/mol. The normalized spacial score (nSPS) is 13.4. The van der Waals surface area contributed by atoms with Crippen LogP contribution in [0, 0.1) is 6.92 Å². The second-order valence-corrected chi connectivity index (χ2v) is 4.90. The zero-order chi connectivity index (χ0) is 14.3. The van der Waals surface area contributed by atoms with Gasteiger partial charge in [0.15, 0.2) is 0 Å². The van der Waals surface area contributed by atoms with Crippen molar-refractivity contribution in [2.45, 2.75) is 45.7 Å². The van der Waals surface area contributed by atoms with Crippen LogP contribution in [0.1, 0.15) is 44.3 Å². The molecule has 0 aliphatic rings. The second-order valence-electron chi connectivity index (χ2n) is 4.90. The first-order valence-electron chi connectivity index (χ1n) is 7.18. The van der Waals surface area contributed by atoms with E-state index in [9.17, 15) is 0 Å². The van der Waals surface area contributed by atoms with E-state index in [1.807, 2.05) is 19.1 Å². The Hall–Kier alpha value is -0.840. The molecule has 0 radical (unpaired) electrons. The summed E-state index contributed by atoms with van der Waals surface area (Å²) in [5.41, 5.74) is 5.99. The molecular formula is C15H28N2O2. The maximum Gasteiger partial charge on any atom is 0.122 e. The van der Waals surface area contributed by atoms with E-state index in [0.717, 1.165) is 30.9 Å². The molecule has 0 aliphatic heterocycles. The minimum absolute atomic E-state index is 0.133. The van der Waals surface area contributed by atoms with Crippen LogP contribution in [0.25, 0.3) is 0 Å². The SMILES string of the molecule is CCC(CC)N(CCOC)C(CN)c1ccc(C)o1. The number of hydrogen-bond donors (Lipinski definition) is 1. The van der Waals surface area contributed by atoms with E-state index >= 15 is 0 Å². The Labute approximate surface area is 116 Å². The Kier molecular flexibility index (Phi) is 7.13. The van der Waals surface area contributed by atoms with Gasteiger partial charge in [-0.1, -0.05) is 13.8 Å². The van der Waals surface area contributed by atoms with E-state index in [1.54, 1.807) is 7.11 Å². The fourth-order valence-corrected chi connectivity index (χ4v) is 2.59. The lowest BCUT2D eigenvalue weighted by molar-refractivity contribution is 0.0728. The average Bonchev–Trinajstić information content (AvgIpc) is 2.84. The van der Waals surface area contributed by atoms with E-state index in [2.05, 4.69) is 18.7 Å². The van der Waals surface area contributed by atoms with Crippen molar-refractivity contribution in [1.82, 2.24) is 4.90 Å². The molecular weight excluding hydrogens is 240 g/mol. The van der Waals surface area contributed by atoms with Gasteiger partial charge in [0.25, 0.3) is 0 Å². The Bertz CT molecular complexity index is 348. The third-order valence-corrected chi connectivity index (χ3v) is 3.68. The number of aryl methyl sites for hydroxylation is 1. The van der Waals surface area contributed by atoms with Crippen LogP contribution in [0.4, 0.5) is 0 Å². The average molecular weight is 268 g/mol. The monoisotopic (exact) mass is 268 g/mol. The van der Waals surface area contributed by atoms with Crippen LogP contribution in [0.5, 0.6) is 0 Å². The van der Waals surface area contributed by atoms with E-state index in [-0.39, 0.29) is 6.04 Å². The minimum Gasteiger partial charge on any atom is -0.465 e. The van der Waals surface area contributed by atoms with Gasteiger partial charge in [0.05, 0.1) is 12.6 Å². The minimum atomic E-state index is 0.133. The highest BCUT2D eigenvalue weighted by atomic mass is 16.5. The van der Waals surface area contributed by atoms with Crippen LogP contribution in [0.15, 0.2) is 16.5 Å². The number of hydrogen-bond acceptors (Lipinski definition) is 4. The van der Waals surface area contributed by atoms with Crippen LogP contribution < -0.4 is 5.73 Å². The first kappa shape index (κ1) is 16.2. The van der Waals surface area contributed by atoms with Gasteiger partial charge < -0.3 is 14.9 Å². The second kappa shape index (κ2) is 8.35. The van der Waals surface area contributed by atoms with Crippen LogP contribution in [-0.2, 0) is 4.74 Å². The molecule has 1 atom stereocenters. The van der Waals surface area contributed by atoms with Crippen molar-refractivity contribution < 1.29 is 9.15 Å². The lowest BCUT2D eigenvalue weighted by atomic mass is 10.1. The molecule has 2 N–H and O–H groups in total. The number of nitrogens with zero attached hydrogens (tertiary/aromatic N) is 1. The smallest absolute Gasteiger partial charge is 0.122 e. The summed E-state index contributed by atoms with van der Waals surface area (Å²) in [4.78, 5) is 2.42. The van der Waals surface area contributed by atoms with E-state index in [4.69, 9.17) is 14.9 Å². The maximum absolute atomic E-state index is 5.99. The van der Waals surface area contributed by atoms with Crippen molar-refractivity contribution in [2.24, 2.45) is 5.73 Å². The molecule has 1 aromatic rings. The highest BCUT2D eigenvalue weighted by Gasteiger charge is 2.26. The van der Waals surface area contributed by atoms with Crippen molar-refractivity contribution in [3.05, 3.63) is 23.7 Å². The molecule has 0 aliphatic carbocycles. The van der Waals surface area contributed by atoms with E-state index < -0.39 is 0 Å². The first-order valence-corrected chi connectivity index (χ1v) is 7.18. The van der Waals surface area contributed by atoms with Crippen LogP contribution in [-0.4, -0.2) is 37.7 Å². The van der Waals surface area contributed by atoms with Crippen molar-refractivity contribution in [1.29, 1.82) is 0 Å². The third kappa shape index (κ3) is 4.34. The summed E-state index contributed by atoms with van der Waals surface area (Å²) in [5, 5.41) is 0. The summed E-state index contributed by atoms with van der Waals surface area (Å²) in [6, 6.07) is 4.68. The molecule has 1 rings (SSSR count). The Morgan fingerprint density at radius 1 is 1.32 bits per heavy atom. The van der Waals surface area contributed by atoms with Gasteiger partial charge in [-0.05, 0) is 31.9 Å². The molecule has 1 aromatic heterocycles. The fraction of sp³-hybridized carbons (Fsp3) is 0.733. The first-order chi connectivity index (χ1) is 9.17. The van der Waals surface area contributed by atoms with Crippen molar-refractivity contribution in [3.63, 3.8) is 0 Å². The quantitative estimate of drug-likeness (QED) is 0.748. The standard InChI is InChI=1S/C15H28N2O2/c1-5-13(6-2)17(9-10-18-4)14(11-16)15-8-7-12(3)19-15/h7-8,13-14H,5-6,9-11,16H2,1-4H3. The van der Waals surface area contributed by atoms with Crippen LogP contribution in [0.2, 0.25) is 0 Å². The molecule has 0 bridgehead atoms. The van der Waals surface area contributed by atoms with Gasteiger partial charge in [-0.15, -0.1) is 0 Å². The van der Waals surface area contributed by atoms with Gasteiger partial charge in [-0.25, -0.2) is 0 Å². The van der Waals surface area contributed by atoms with E-state index in [1.165, 1.54) is 0 Å². The molecule has 110 valence electrons. The highest BCUT2D eigenvalue weighted by Crippen LogP contribution is 2.26. The van der Waals surface area contributed by atoms with Crippen LogP contribution in [0.3, 0.4) is 0 Å². The molecule has 0 saturated carbocycles. The Morgan fingerprint density at radius 2 is 2.00 bits per heavy atom. The summed E-state index contributed by atoms with van der Waals surface area (Å²) in [5.74, 6) is 1.90. The molecule has 1 heterocycles. The molecule has 0 fully saturated rings. The Morgan fingerprint density at radius 3 is 2.42 bits per heavy atom. The molecule has 1 unspecified atom stereocenters. The number of nitrogens with two attached hydrogens (primary N) is 1. The number of ether oxygens (including phenoxy) is 1. The summed E-state index contributed by atoms with van der Waals surface area (Å²) < 4.78 is 11.0. The Balaban J connectivity index is 2.91. The zero-order valence-electron chi connectivity index (χ0n) is 12.7. The molecule has 0 amide bonds. The number of rotatable bonds is 9. The van der Waals surface area contributed by atoms with Gasteiger partial charge in [-0.3, -0.25) is 4.90 Å². The molecule has 0 aromatic carbocycles. The molecule has 4 heteroatoms. The number of methoxy groups -OCH3 is 1. The summed E-state index contributed by atoms with van der Waals surface area (Å²) in [7, 11) is 1.74. The van der Waals surface area contributed by atoms with Crippen molar-refractivity contribution >= 4 is 0 Å². The fourth-order valence-electron chi connectivity index (χ4n) is 2.59. The lowest BCUT2D eigenvalue weighted by Crippen LogP contribution is -2.42. The third-order valence-electron chi connectivity index (χ3n) is 3.68. The number of furan rings is 1. The summed E-state index contributed by atoms with van der Waals surface area (Å²) >= 11 is 0. The van der Waals surface area contributed by atoms with Gasteiger partial charge in [0.2, 0.25) is 0 Å². The van der Waals surface area contributed by atoms with Gasteiger partial charge in [-0.2, -0.15) is 0 Å². The topological polar surface area (TPSA) is 51.6 Å². The van der Waals surface area contributed by atoms with E-state index in [0.29, 0.717) is 19.2 Å². The molecule has 19 heavy (non-hydrogen) atoms. The van der Waals surface area contributed by atoms with Gasteiger partial charge >= 0.3 is 0 Å². The lowest BCUT2D eigenvalue weighted by Gasteiger charge is -2.35. The predicted octanol–water partition coefficient (Wildman–Crippen LogP) is 2.72. The molecule has 0 saturated heterocycles. The van der Waals surface area contributed by atoms with Crippen molar-refractivity contribution in [3.8, 4) is 0 Å². The zero-order valence-corrected chi connectivity index (χ0v) is 12.7. The summed E-state index contributed by atoms with van der Waals surface area (Å²) in [6.07, 6.45) is 2.22. The van der Waals surface area contributed by atoms with Crippen LogP contribution >= 0.6 is 0 Å². The summed E-state index contributed by atoms with van der Waals surface area (Å²) in [6.45, 7) is 8.56. The van der Waals surface area contributed by atoms with Gasteiger partial charge in [0.1, 0.15) is 11.5 Å². The molecule has 0 spiro atoms. The largest absolute Gasteiger partial charge is 0.465 e. The van der Waals surface area contributed by atoms with Gasteiger partial charge in [0, 0.05) is 26.2 Å². The maximum atomic E-state index is 5.99. The van der Waals surface area contributed by atoms with Crippen molar-refractivity contribution in [2.75, 3.05) is 26.8 Å².